The summed E-state index contributed by atoms with van der Waals surface area (Å²) in [4.78, 5) is 0.0133. The smallest absolute Gasteiger partial charge is 0.262 e. The van der Waals surface area contributed by atoms with E-state index in [0.29, 0.717) is 11.3 Å². The summed E-state index contributed by atoms with van der Waals surface area (Å²) in [6.07, 6.45) is 0. The minimum absolute atomic E-state index is 0.0133. The average molecular weight is 329 g/mol. The van der Waals surface area contributed by atoms with Crippen LogP contribution in [0.1, 0.15) is 11.1 Å². The first-order chi connectivity index (χ1) is 9.70. The molecule has 0 aliphatic rings. The lowest BCUT2D eigenvalue weighted by atomic mass is 10.1. The molecule has 0 fully saturated rings. The largest absolute Gasteiger partial charge is 0.399 e. The Labute approximate surface area is 127 Å². The zero-order chi connectivity index (χ0) is 15.8. The van der Waals surface area contributed by atoms with Gasteiger partial charge in [0.05, 0.1) is 10.6 Å². The van der Waals surface area contributed by atoms with Gasteiger partial charge in [-0.05, 0) is 55.3 Å². The van der Waals surface area contributed by atoms with Gasteiger partial charge < -0.3 is 5.73 Å². The average Bonchev–Trinajstić information content (AvgIpc) is 2.37. The summed E-state index contributed by atoms with van der Waals surface area (Å²) < 4.78 is 40.7. The molecule has 0 spiro atoms. The molecule has 0 unspecified atom stereocenters. The SMILES string of the molecule is Cc1cc(N)cc(S(=O)(=O)Nc2cc(Cl)ccc2F)c1C. The van der Waals surface area contributed by atoms with Crippen LogP contribution in [0.25, 0.3) is 0 Å². The van der Waals surface area contributed by atoms with E-state index >= 15 is 0 Å². The van der Waals surface area contributed by atoms with Crippen molar-refractivity contribution in [3.63, 3.8) is 0 Å². The Bertz CT molecular complexity index is 807. The summed E-state index contributed by atoms with van der Waals surface area (Å²) >= 11 is 5.75. The topological polar surface area (TPSA) is 72.2 Å². The molecule has 0 aromatic heterocycles. The van der Waals surface area contributed by atoms with E-state index in [2.05, 4.69) is 4.72 Å². The second-order valence-electron chi connectivity index (χ2n) is 4.69. The third-order valence-electron chi connectivity index (χ3n) is 3.10. The number of sulfonamides is 1. The minimum atomic E-state index is -3.96. The molecule has 21 heavy (non-hydrogen) atoms. The van der Waals surface area contributed by atoms with Crippen molar-refractivity contribution in [1.29, 1.82) is 0 Å². The molecule has 0 amide bonds. The van der Waals surface area contributed by atoms with Crippen molar-refractivity contribution < 1.29 is 12.8 Å². The maximum Gasteiger partial charge on any atom is 0.262 e. The van der Waals surface area contributed by atoms with Crippen LogP contribution >= 0.6 is 11.6 Å². The standard InChI is InChI=1S/C14H14ClFN2O2S/c1-8-5-11(17)7-14(9(8)2)21(19,20)18-13-6-10(15)3-4-12(13)16/h3-7,18H,17H2,1-2H3. The number of halogens is 2. The van der Waals surface area contributed by atoms with Crippen LogP contribution in [0.2, 0.25) is 5.02 Å². The molecule has 2 aromatic carbocycles. The van der Waals surface area contributed by atoms with Crippen molar-refractivity contribution in [2.24, 2.45) is 0 Å². The molecule has 3 N–H and O–H groups in total. The molecule has 0 saturated carbocycles. The maximum absolute atomic E-state index is 13.7. The summed E-state index contributed by atoms with van der Waals surface area (Å²) in [6, 6.07) is 6.66. The van der Waals surface area contributed by atoms with Gasteiger partial charge >= 0.3 is 0 Å². The van der Waals surface area contributed by atoms with Gasteiger partial charge in [-0.2, -0.15) is 0 Å². The van der Waals surface area contributed by atoms with Crippen LogP contribution in [-0.4, -0.2) is 8.42 Å². The summed E-state index contributed by atoms with van der Waals surface area (Å²) in [6.45, 7) is 3.42. The highest BCUT2D eigenvalue weighted by atomic mass is 35.5. The normalized spacial score (nSPS) is 11.4. The molecule has 2 rings (SSSR count). The van der Waals surface area contributed by atoms with Crippen molar-refractivity contribution in [3.8, 4) is 0 Å². The first-order valence-electron chi connectivity index (χ1n) is 6.05. The van der Waals surface area contributed by atoms with E-state index in [1.807, 2.05) is 0 Å². The third kappa shape index (κ3) is 3.28. The summed E-state index contributed by atoms with van der Waals surface area (Å²) in [7, 11) is -3.96. The van der Waals surface area contributed by atoms with E-state index in [4.69, 9.17) is 17.3 Å². The van der Waals surface area contributed by atoms with Crippen LogP contribution in [-0.2, 0) is 10.0 Å². The highest BCUT2D eigenvalue weighted by molar-refractivity contribution is 7.92. The lowest BCUT2D eigenvalue weighted by Crippen LogP contribution is -2.16. The Morgan fingerprint density at radius 1 is 1.19 bits per heavy atom. The Kier molecular flexibility index (Phi) is 4.11. The number of nitrogens with two attached hydrogens (primary N) is 1. The number of nitrogens with one attached hydrogen (secondary N) is 1. The van der Waals surface area contributed by atoms with E-state index in [1.165, 1.54) is 18.2 Å². The molecular formula is C14H14ClFN2O2S. The lowest BCUT2D eigenvalue weighted by Gasteiger charge is -2.13. The van der Waals surface area contributed by atoms with Crippen LogP contribution in [0.5, 0.6) is 0 Å². The molecule has 112 valence electrons. The predicted molar refractivity (Wildman–Crippen MR) is 82.5 cm³/mol. The number of nitrogen functional groups attached to an aromatic ring is 1. The lowest BCUT2D eigenvalue weighted by molar-refractivity contribution is 0.598. The number of hydrogen-bond acceptors (Lipinski definition) is 3. The van der Waals surface area contributed by atoms with E-state index < -0.39 is 15.8 Å². The summed E-state index contributed by atoms with van der Waals surface area (Å²) in [5, 5.41) is 0.231. The fourth-order valence-corrected chi connectivity index (χ4v) is 3.49. The van der Waals surface area contributed by atoms with Gasteiger partial charge in [-0.15, -0.1) is 0 Å². The van der Waals surface area contributed by atoms with Gasteiger partial charge in [-0.25, -0.2) is 12.8 Å². The van der Waals surface area contributed by atoms with E-state index in [0.717, 1.165) is 11.6 Å². The summed E-state index contributed by atoms with van der Waals surface area (Å²) in [5.74, 6) is -0.707. The second kappa shape index (κ2) is 5.54. The molecular weight excluding hydrogens is 315 g/mol. The Morgan fingerprint density at radius 3 is 2.52 bits per heavy atom. The van der Waals surface area contributed by atoms with Crippen molar-refractivity contribution in [2.75, 3.05) is 10.5 Å². The van der Waals surface area contributed by atoms with E-state index in [9.17, 15) is 12.8 Å². The Hall–Kier alpha value is -1.79. The molecule has 4 nitrogen and oxygen atoms in total. The molecule has 0 aliphatic heterocycles. The highest BCUT2D eigenvalue weighted by Crippen LogP contribution is 2.26. The van der Waals surface area contributed by atoms with Crippen LogP contribution in [0.3, 0.4) is 0 Å². The van der Waals surface area contributed by atoms with Crippen LogP contribution < -0.4 is 10.5 Å². The van der Waals surface area contributed by atoms with Crippen molar-refractivity contribution in [1.82, 2.24) is 0 Å². The monoisotopic (exact) mass is 328 g/mol. The minimum Gasteiger partial charge on any atom is -0.399 e. The number of anilines is 2. The Balaban J connectivity index is 2.51. The molecule has 7 heteroatoms. The molecule has 0 radical (unpaired) electrons. The number of aryl methyl sites for hydroxylation is 1. The fourth-order valence-electron chi connectivity index (χ4n) is 1.91. The van der Waals surface area contributed by atoms with Gasteiger partial charge in [-0.3, -0.25) is 4.72 Å². The molecule has 0 atom stereocenters. The fraction of sp³-hybridized carbons (Fsp3) is 0.143. The quantitative estimate of drug-likeness (QED) is 0.847. The number of benzene rings is 2. The third-order valence-corrected chi connectivity index (χ3v) is 4.83. The first kappa shape index (κ1) is 15.6. The van der Waals surface area contributed by atoms with E-state index in [1.54, 1.807) is 19.9 Å². The number of rotatable bonds is 3. The van der Waals surface area contributed by atoms with Crippen molar-refractivity contribution in [3.05, 3.63) is 52.3 Å². The zero-order valence-electron chi connectivity index (χ0n) is 11.4. The van der Waals surface area contributed by atoms with E-state index in [-0.39, 0.29) is 15.6 Å². The predicted octanol–water partition coefficient (Wildman–Crippen LogP) is 3.48. The second-order valence-corrected chi connectivity index (χ2v) is 6.78. The van der Waals surface area contributed by atoms with Gasteiger partial charge in [0.25, 0.3) is 10.0 Å². The summed E-state index contributed by atoms with van der Waals surface area (Å²) in [5.41, 5.74) is 7.10. The van der Waals surface area contributed by atoms with Crippen LogP contribution in [0.15, 0.2) is 35.2 Å². The Morgan fingerprint density at radius 2 is 1.86 bits per heavy atom. The van der Waals surface area contributed by atoms with Gasteiger partial charge in [0, 0.05) is 10.7 Å². The molecule has 2 aromatic rings. The van der Waals surface area contributed by atoms with Gasteiger partial charge in [-0.1, -0.05) is 11.6 Å². The first-order valence-corrected chi connectivity index (χ1v) is 7.91. The van der Waals surface area contributed by atoms with Gasteiger partial charge in [0.2, 0.25) is 0 Å². The molecule has 0 heterocycles. The molecule has 0 bridgehead atoms. The molecule has 0 saturated heterocycles. The van der Waals surface area contributed by atoms with Crippen molar-refractivity contribution >= 4 is 33.0 Å². The zero-order valence-corrected chi connectivity index (χ0v) is 13.0. The maximum atomic E-state index is 13.7. The van der Waals surface area contributed by atoms with Crippen molar-refractivity contribution in [2.45, 2.75) is 18.7 Å². The molecule has 0 aliphatic carbocycles. The van der Waals surface area contributed by atoms with Gasteiger partial charge in [0.15, 0.2) is 0 Å². The number of hydrogen-bond donors (Lipinski definition) is 2. The van der Waals surface area contributed by atoms with Gasteiger partial charge in [0.1, 0.15) is 5.82 Å². The van der Waals surface area contributed by atoms with Crippen LogP contribution in [0, 0.1) is 19.7 Å². The van der Waals surface area contributed by atoms with Crippen LogP contribution in [0.4, 0.5) is 15.8 Å². The highest BCUT2D eigenvalue weighted by Gasteiger charge is 2.20.